The monoisotopic (exact) mass is 275 g/mol. The highest BCUT2D eigenvalue weighted by Crippen LogP contribution is 2.19. The summed E-state index contributed by atoms with van der Waals surface area (Å²) in [7, 11) is 0. The fourth-order valence-corrected chi connectivity index (χ4v) is 1.74. The molecule has 1 amide bonds. The molecule has 0 spiro atoms. The fraction of sp³-hybridized carbons (Fsp3) is 0. The Morgan fingerprint density at radius 3 is 2.63 bits per heavy atom. The lowest BCUT2D eigenvalue weighted by Gasteiger charge is -1.95. The van der Waals surface area contributed by atoms with Crippen LogP contribution in [0.5, 0.6) is 0 Å². The van der Waals surface area contributed by atoms with Crippen LogP contribution in [0.4, 0.5) is 5.69 Å². The highest BCUT2D eigenvalue weighted by Gasteiger charge is 2.18. The molecule has 2 N–H and O–H groups in total. The molecule has 6 nitrogen and oxygen atoms in total. The third-order valence-corrected chi connectivity index (χ3v) is 2.60. The highest BCUT2D eigenvalue weighted by molar-refractivity contribution is 7.80. The number of allylic oxidation sites excluding steroid dienone is 2. The van der Waals surface area contributed by atoms with E-state index in [1.165, 1.54) is 12.1 Å². The van der Waals surface area contributed by atoms with Crippen LogP contribution in [0, 0.1) is 10.1 Å². The van der Waals surface area contributed by atoms with Crippen molar-refractivity contribution >= 4 is 35.0 Å². The standard InChI is InChI=1S/C12H9N3O3S/c16-11-9(13-12(19)14-11)6-3-5-8-4-1-2-7-10(8)15(17)18/h1-7H,(H2,13,14,16,19)/b5-3+,9-6+. The van der Waals surface area contributed by atoms with Crippen LogP contribution in [-0.4, -0.2) is 15.9 Å². The Labute approximate surface area is 114 Å². The van der Waals surface area contributed by atoms with Crippen LogP contribution in [0.25, 0.3) is 6.08 Å². The molecule has 0 aromatic heterocycles. The Morgan fingerprint density at radius 2 is 2.00 bits per heavy atom. The molecule has 19 heavy (non-hydrogen) atoms. The van der Waals surface area contributed by atoms with Gasteiger partial charge in [-0.1, -0.05) is 18.2 Å². The minimum atomic E-state index is -0.456. The van der Waals surface area contributed by atoms with Gasteiger partial charge in [-0.05, 0) is 30.4 Å². The molecule has 96 valence electrons. The summed E-state index contributed by atoms with van der Waals surface area (Å²) in [5.74, 6) is -0.322. The van der Waals surface area contributed by atoms with Crippen LogP contribution in [-0.2, 0) is 4.79 Å². The first-order chi connectivity index (χ1) is 9.08. The third-order valence-electron chi connectivity index (χ3n) is 2.39. The molecule has 1 aliphatic heterocycles. The predicted octanol–water partition coefficient (Wildman–Crippen LogP) is 1.50. The van der Waals surface area contributed by atoms with Crippen molar-refractivity contribution < 1.29 is 9.72 Å². The number of nitro groups is 1. The highest BCUT2D eigenvalue weighted by atomic mass is 32.1. The number of para-hydroxylation sites is 1. The van der Waals surface area contributed by atoms with E-state index in [9.17, 15) is 14.9 Å². The molecule has 2 rings (SSSR count). The Morgan fingerprint density at radius 1 is 1.26 bits per heavy atom. The van der Waals surface area contributed by atoms with Gasteiger partial charge in [-0.25, -0.2) is 0 Å². The summed E-state index contributed by atoms with van der Waals surface area (Å²) in [6.45, 7) is 0. The third kappa shape index (κ3) is 3.02. The molecule has 1 aromatic carbocycles. The summed E-state index contributed by atoms with van der Waals surface area (Å²) in [6, 6.07) is 6.34. The van der Waals surface area contributed by atoms with Gasteiger partial charge >= 0.3 is 0 Å². The topological polar surface area (TPSA) is 84.3 Å². The van der Waals surface area contributed by atoms with E-state index in [1.807, 2.05) is 0 Å². The Bertz CT molecular complexity index is 622. The molecule has 1 saturated heterocycles. The lowest BCUT2D eigenvalue weighted by Crippen LogP contribution is -2.21. The van der Waals surface area contributed by atoms with Gasteiger partial charge in [0.2, 0.25) is 0 Å². The maximum Gasteiger partial charge on any atom is 0.276 e. The summed E-state index contributed by atoms with van der Waals surface area (Å²) in [4.78, 5) is 21.7. The quantitative estimate of drug-likeness (QED) is 0.378. The van der Waals surface area contributed by atoms with E-state index in [-0.39, 0.29) is 16.7 Å². The number of nitro benzene ring substituents is 1. The molecule has 0 atom stereocenters. The summed E-state index contributed by atoms with van der Waals surface area (Å²) in [5, 5.41) is 16.1. The fourth-order valence-electron chi connectivity index (χ4n) is 1.54. The van der Waals surface area contributed by atoms with Crippen molar-refractivity contribution in [3.63, 3.8) is 0 Å². The second kappa shape index (κ2) is 5.40. The molecule has 0 saturated carbocycles. The van der Waals surface area contributed by atoms with E-state index in [0.717, 1.165) is 0 Å². The molecule has 0 unspecified atom stereocenters. The first-order valence-corrected chi connectivity index (χ1v) is 5.73. The average molecular weight is 275 g/mol. The number of nitrogens with zero attached hydrogens (tertiary/aromatic N) is 1. The number of amides is 1. The molecule has 1 heterocycles. The number of benzene rings is 1. The van der Waals surface area contributed by atoms with Gasteiger partial charge in [0, 0.05) is 6.07 Å². The van der Waals surface area contributed by atoms with Gasteiger partial charge < -0.3 is 5.32 Å². The average Bonchev–Trinajstić information content (AvgIpc) is 2.68. The molecule has 1 aliphatic rings. The SMILES string of the molecule is O=C1NC(=S)N/C1=C/C=C/c1ccccc1[N+](=O)[O-]. The maximum atomic E-state index is 11.3. The number of hydrogen-bond acceptors (Lipinski definition) is 4. The number of nitrogens with one attached hydrogen (secondary N) is 2. The van der Waals surface area contributed by atoms with Crippen molar-refractivity contribution in [3.05, 3.63) is 57.8 Å². The zero-order valence-electron chi connectivity index (χ0n) is 9.62. The van der Waals surface area contributed by atoms with Crippen molar-refractivity contribution in [2.45, 2.75) is 0 Å². The van der Waals surface area contributed by atoms with Crippen LogP contribution < -0.4 is 10.6 Å². The Balaban J connectivity index is 2.20. The van der Waals surface area contributed by atoms with Crippen LogP contribution >= 0.6 is 12.2 Å². The summed E-state index contributed by atoms with van der Waals surface area (Å²) in [5.41, 5.74) is 0.779. The molecular weight excluding hydrogens is 266 g/mol. The lowest BCUT2D eigenvalue weighted by atomic mass is 10.1. The van der Waals surface area contributed by atoms with Gasteiger partial charge in [-0.2, -0.15) is 0 Å². The second-order valence-electron chi connectivity index (χ2n) is 3.66. The molecule has 7 heteroatoms. The van der Waals surface area contributed by atoms with Crippen molar-refractivity contribution in [2.24, 2.45) is 0 Å². The largest absolute Gasteiger partial charge is 0.328 e. The molecule has 0 aliphatic carbocycles. The number of rotatable bonds is 3. The van der Waals surface area contributed by atoms with E-state index in [2.05, 4.69) is 10.6 Å². The first-order valence-electron chi connectivity index (χ1n) is 5.32. The number of thiocarbonyl (C=S) groups is 1. The Hall–Kier alpha value is -2.54. The summed E-state index contributed by atoms with van der Waals surface area (Å²) >= 11 is 4.77. The number of carbonyl (C=O) groups excluding carboxylic acids is 1. The second-order valence-corrected chi connectivity index (χ2v) is 4.07. The van der Waals surface area contributed by atoms with Crippen molar-refractivity contribution in [2.75, 3.05) is 0 Å². The first kappa shape index (κ1) is 12.9. The molecular formula is C12H9N3O3S. The summed E-state index contributed by atoms with van der Waals surface area (Å²) < 4.78 is 0. The van der Waals surface area contributed by atoms with E-state index >= 15 is 0 Å². The van der Waals surface area contributed by atoms with E-state index in [4.69, 9.17) is 12.2 Å². The minimum Gasteiger partial charge on any atom is -0.328 e. The number of hydrogen-bond donors (Lipinski definition) is 2. The molecule has 0 radical (unpaired) electrons. The van der Waals surface area contributed by atoms with Gasteiger partial charge in [-0.3, -0.25) is 20.2 Å². The van der Waals surface area contributed by atoms with E-state index < -0.39 is 4.92 Å². The number of carbonyl (C=O) groups is 1. The van der Waals surface area contributed by atoms with Crippen molar-refractivity contribution in [1.29, 1.82) is 0 Å². The zero-order valence-corrected chi connectivity index (χ0v) is 10.4. The minimum absolute atomic E-state index is 0.0107. The summed E-state index contributed by atoms with van der Waals surface area (Å²) in [6.07, 6.45) is 4.62. The van der Waals surface area contributed by atoms with Gasteiger partial charge in [0.1, 0.15) is 5.70 Å². The molecule has 1 fully saturated rings. The van der Waals surface area contributed by atoms with Crippen molar-refractivity contribution in [3.8, 4) is 0 Å². The zero-order chi connectivity index (χ0) is 13.8. The smallest absolute Gasteiger partial charge is 0.276 e. The van der Waals surface area contributed by atoms with Crippen LogP contribution in [0.3, 0.4) is 0 Å². The van der Waals surface area contributed by atoms with Gasteiger partial charge in [0.25, 0.3) is 11.6 Å². The molecule has 1 aromatic rings. The van der Waals surface area contributed by atoms with Gasteiger partial charge in [0.15, 0.2) is 5.11 Å². The lowest BCUT2D eigenvalue weighted by molar-refractivity contribution is -0.385. The normalized spacial score (nSPS) is 16.7. The molecule has 0 bridgehead atoms. The predicted molar refractivity (Wildman–Crippen MR) is 74.1 cm³/mol. The van der Waals surface area contributed by atoms with Crippen LogP contribution in [0.1, 0.15) is 5.56 Å². The van der Waals surface area contributed by atoms with Crippen molar-refractivity contribution in [1.82, 2.24) is 10.6 Å². The van der Waals surface area contributed by atoms with Crippen LogP contribution in [0.15, 0.2) is 42.1 Å². The van der Waals surface area contributed by atoms with E-state index in [0.29, 0.717) is 11.3 Å². The van der Waals surface area contributed by atoms with Crippen LogP contribution in [0.2, 0.25) is 0 Å². The maximum absolute atomic E-state index is 11.3. The van der Waals surface area contributed by atoms with Gasteiger partial charge in [0.05, 0.1) is 10.5 Å². The van der Waals surface area contributed by atoms with Gasteiger partial charge in [-0.15, -0.1) is 0 Å². The Kier molecular flexibility index (Phi) is 3.67. The van der Waals surface area contributed by atoms with E-state index in [1.54, 1.807) is 30.4 Å².